The molecule has 0 atom stereocenters. The number of hydrogen-bond acceptors (Lipinski definition) is 2. The number of aromatic nitrogens is 3. The molecule has 1 aromatic heterocycles. The van der Waals surface area contributed by atoms with Gasteiger partial charge < -0.3 is 0 Å². The van der Waals surface area contributed by atoms with Gasteiger partial charge in [0, 0.05) is 15.7 Å². The molecule has 0 radical (unpaired) electrons. The van der Waals surface area contributed by atoms with Crippen molar-refractivity contribution in [2.75, 3.05) is 0 Å². The highest BCUT2D eigenvalue weighted by Gasteiger charge is 2.10. The van der Waals surface area contributed by atoms with Crippen LogP contribution in [0.1, 0.15) is 0 Å². The molecule has 0 spiro atoms. The summed E-state index contributed by atoms with van der Waals surface area (Å²) in [4.78, 5) is 0. The van der Waals surface area contributed by atoms with Crippen LogP contribution in [0, 0.1) is 0 Å². The monoisotopic (exact) mass is 333 g/mol. The third-order valence-electron chi connectivity index (χ3n) is 2.76. The highest BCUT2D eigenvalue weighted by molar-refractivity contribution is 9.10. The zero-order chi connectivity index (χ0) is 13.2. The molecular weight excluding hydrogens is 326 g/mol. The van der Waals surface area contributed by atoms with E-state index in [9.17, 15) is 0 Å². The maximum Gasteiger partial charge on any atom is 0.168 e. The van der Waals surface area contributed by atoms with Crippen molar-refractivity contribution in [3.63, 3.8) is 0 Å². The topological polar surface area (TPSA) is 30.7 Å². The number of rotatable bonds is 2. The zero-order valence-electron chi connectivity index (χ0n) is 9.79. The lowest BCUT2D eigenvalue weighted by Crippen LogP contribution is -1.95. The van der Waals surface area contributed by atoms with Crippen LogP contribution < -0.4 is 0 Å². The summed E-state index contributed by atoms with van der Waals surface area (Å²) in [5.74, 6) is 0.781. The van der Waals surface area contributed by atoms with E-state index in [1.807, 2.05) is 53.1 Å². The Hall–Kier alpha value is -1.65. The molecule has 3 nitrogen and oxygen atoms in total. The second-order valence-corrected chi connectivity index (χ2v) is 5.25. The number of hydrogen-bond donors (Lipinski definition) is 0. The minimum absolute atomic E-state index is 0.675. The maximum absolute atomic E-state index is 6.01. The second-order valence-electron chi connectivity index (χ2n) is 3.99. The molecule has 0 aliphatic rings. The number of para-hydroxylation sites is 1. The normalized spacial score (nSPS) is 10.6. The standard InChI is InChI=1S/C14H9BrClN3/c15-12-8-10(6-7-13(12)16)14-18-17-9-19(14)11-4-2-1-3-5-11/h1-9H. The Kier molecular flexibility index (Phi) is 3.36. The predicted molar refractivity (Wildman–Crippen MR) is 79.5 cm³/mol. The van der Waals surface area contributed by atoms with E-state index < -0.39 is 0 Å². The molecule has 19 heavy (non-hydrogen) atoms. The molecule has 3 rings (SSSR count). The van der Waals surface area contributed by atoms with Crippen molar-refractivity contribution in [3.05, 3.63) is 64.4 Å². The molecule has 0 saturated heterocycles. The van der Waals surface area contributed by atoms with Gasteiger partial charge in [-0.15, -0.1) is 10.2 Å². The van der Waals surface area contributed by atoms with Gasteiger partial charge in [0.25, 0.3) is 0 Å². The van der Waals surface area contributed by atoms with Crippen molar-refractivity contribution >= 4 is 27.5 Å². The highest BCUT2D eigenvalue weighted by atomic mass is 79.9. The van der Waals surface area contributed by atoms with E-state index in [4.69, 9.17) is 11.6 Å². The Labute approximate surface area is 124 Å². The molecule has 0 fully saturated rings. The fourth-order valence-corrected chi connectivity index (χ4v) is 2.34. The fourth-order valence-electron chi connectivity index (χ4n) is 1.84. The zero-order valence-corrected chi connectivity index (χ0v) is 12.1. The summed E-state index contributed by atoms with van der Waals surface area (Å²) in [6.07, 6.45) is 1.70. The van der Waals surface area contributed by atoms with E-state index in [2.05, 4.69) is 26.1 Å². The Morgan fingerprint density at radius 2 is 1.84 bits per heavy atom. The van der Waals surface area contributed by atoms with Crippen LogP contribution in [-0.4, -0.2) is 14.8 Å². The summed E-state index contributed by atoms with van der Waals surface area (Å²) >= 11 is 9.43. The average Bonchev–Trinajstić information content (AvgIpc) is 2.92. The van der Waals surface area contributed by atoms with Gasteiger partial charge in [-0.2, -0.15) is 0 Å². The smallest absolute Gasteiger partial charge is 0.168 e. The van der Waals surface area contributed by atoms with E-state index >= 15 is 0 Å². The third kappa shape index (κ3) is 2.41. The molecule has 2 aromatic carbocycles. The second kappa shape index (κ2) is 5.15. The van der Waals surface area contributed by atoms with Crippen LogP contribution in [0.5, 0.6) is 0 Å². The minimum atomic E-state index is 0.675. The lowest BCUT2D eigenvalue weighted by atomic mass is 10.2. The van der Waals surface area contributed by atoms with Crippen LogP contribution in [0.3, 0.4) is 0 Å². The SMILES string of the molecule is Clc1ccc(-c2nncn2-c2ccccc2)cc1Br. The minimum Gasteiger partial charge on any atom is -0.282 e. The molecule has 94 valence electrons. The van der Waals surface area contributed by atoms with Gasteiger partial charge in [0.15, 0.2) is 5.82 Å². The van der Waals surface area contributed by atoms with Crippen molar-refractivity contribution in [1.29, 1.82) is 0 Å². The number of benzene rings is 2. The Balaban J connectivity index is 2.12. The maximum atomic E-state index is 6.01. The van der Waals surface area contributed by atoms with Gasteiger partial charge in [0.05, 0.1) is 5.02 Å². The molecule has 0 amide bonds. The van der Waals surface area contributed by atoms with E-state index in [0.29, 0.717) is 5.02 Å². The molecule has 0 N–H and O–H groups in total. The fraction of sp³-hybridized carbons (Fsp3) is 0. The first kappa shape index (κ1) is 12.4. The molecule has 1 heterocycles. The lowest BCUT2D eigenvalue weighted by molar-refractivity contribution is 1.06. The lowest BCUT2D eigenvalue weighted by Gasteiger charge is -2.07. The molecule has 0 saturated carbocycles. The third-order valence-corrected chi connectivity index (χ3v) is 3.97. The van der Waals surface area contributed by atoms with Gasteiger partial charge in [0.2, 0.25) is 0 Å². The first-order valence-electron chi connectivity index (χ1n) is 5.66. The summed E-state index contributed by atoms with van der Waals surface area (Å²) in [5, 5.41) is 8.85. The van der Waals surface area contributed by atoms with E-state index in [1.165, 1.54) is 0 Å². The largest absolute Gasteiger partial charge is 0.282 e. The van der Waals surface area contributed by atoms with Crippen LogP contribution in [0.15, 0.2) is 59.3 Å². The van der Waals surface area contributed by atoms with Crippen molar-refractivity contribution in [2.45, 2.75) is 0 Å². The average molecular weight is 335 g/mol. The van der Waals surface area contributed by atoms with Crippen LogP contribution in [0.2, 0.25) is 5.02 Å². The first-order valence-corrected chi connectivity index (χ1v) is 6.83. The molecular formula is C14H9BrClN3. The van der Waals surface area contributed by atoms with Crippen LogP contribution >= 0.6 is 27.5 Å². The van der Waals surface area contributed by atoms with Gasteiger partial charge >= 0.3 is 0 Å². The highest BCUT2D eigenvalue weighted by Crippen LogP contribution is 2.28. The molecule has 3 aromatic rings. The van der Waals surface area contributed by atoms with Gasteiger partial charge in [0.1, 0.15) is 6.33 Å². The van der Waals surface area contributed by atoms with Crippen molar-refractivity contribution in [1.82, 2.24) is 14.8 Å². The quantitative estimate of drug-likeness (QED) is 0.697. The van der Waals surface area contributed by atoms with Crippen molar-refractivity contribution in [2.24, 2.45) is 0 Å². The molecule has 5 heteroatoms. The first-order chi connectivity index (χ1) is 9.25. The van der Waals surface area contributed by atoms with Crippen molar-refractivity contribution in [3.8, 4) is 17.1 Å². The van der Waals surface area contributed by atoms with E-state index in [0.717, 1.165) is 21.5 Å². The summed E-state index contributed by atoms with van der Waals surface area (Å²) in [5.41, 5.74) is 1.98. The van der Waals surface area contributed by atoms with E-state index in [1.54, 1.807) is 6.33 Å². The number of nitrogens with zero attached hydrogens (tertiary/aromatic N) is 3. The van der Waals surface area contributed by atoms with Crippen molar-refractivity contribution < 1.29 is 0 Å². The summed E-state index contributed by atoms with van der Waals surface area (Å²) in [6, 6.07) is 15.7. The molecule has 0 unspecified atom stereocenters. The van der Waals surface area contributed by atoms with Crippen LogP contribution in [0.25, 0.3) is 17.1 Å². The summed E-state index contributed by atoms with van der Waals surface area (Å²) in [6.45, 7) is 0. The molecule has 0 aliphatic heterocycles. The molecule has 0 bridgehead atoms. The Morgan fingerprint density at radius 3 is 2.58 bits per heavy atom. The van der Waals surface area contributed by atoms with E-state index in [-0.39, 0.29) is 0 Å². The Bertz CT molecular complexity index is 710. The van der Waals surface area contributed by atoms with Gasteiger partial charge in [-0.1, -0.05) is 29.8 Å². The number of halogens is 2. The van der Waals surface area contributed by atoms with Gasteiger partial charge in [-0.3, -0.25) is 4.57 Å². The Morgan fingerprint density at radius 1 is 1.05 bits per heavy atom. The summed E-state index contributed by atoms with van der Waals surface area (Å²) in [7, 11) is 0. The summed E-state index contributed by atoms with van der Waals surface area (Å²) < 4.78 is 2.78. The van der Waals surface area contributed by atoms with Gasteiger partial charge in [-0.05, 0) is 46.3 Å². The molecule has 0 aliphatic carbocycles. The predicted octanol–water partition coefficient (Wildman–Crippen LogP) is 4.35. The van der Waals surface area contributed by atoms with Crippen LogP contribution in [-0.2, 0) is 0 Å². The van der Waals surface area contributed by atoms with Gasteiger partial charge in [-0.25, -0.2) is 0 Å². The van der Waals surface area contributed by atoms with Crippen LogP contribution in [0.4, 0.5) is 0 Å².